The lowest BCUT2D eigenvalue weighted by atomic mass is 10.2. The minimum absolute atomic E-state index is 0.150. The molecule has 1 aromatic carbocycles. The Morgan fingerprint density at radius 3 is 2.40 bits per heavy atom. The van der Waals surface area contributed by atoms with Crippen molar-refractivity contribution in [3.05, 3.63) is 53.7 Å². The molecule has 0 saturated carbocycles. The van der Waals surface area contributed by atoms with Crippen LogP contribution in [-0.4, -0.2) is 40.4 Å². The predicted octanol–water partition coefficient (Wildman–Crippen LogP) is 2.61. The number of nitrogens with one attached hydrogen (secondary N) is 1. The highest BCUT2D eigenvalue weighted by Gasteiger charge is 2.25. The van der Waals surface area contributed by atoms with Gasteiger partial charge in [0.15, 0.2) is 5.76 Å². The van der Waals surface area contributed by atoms with Gasteiger partial charge in [-0.15, -0.1) is 0 Å². The van der Waals surface area contributed by atoms with E-state index in [1.807, 2.05) is 0 Å². The summed E-state index contributed by atoms with van der Waals surface area (Å²) in [5.41, 5.74) is 0.247. The minimum atomic E-state index is -1.21. The van der Waals surface area contributed by atoms with Crippen LogP contribution in [0.15, 0.2) is 41.0 Å². The van der Waals surface area contributed by atoms with E-state index in [1.165, 1.54) is 29.2 Å². The summed E-state index contributed by atoms with van der Waals surface area (Å²) in [6, 6.07) is 6.00. The molecule has 8 heteroatoms. The molecule has 0 spiro atoms. The van der Waals surface area contributed by atoms with Crippen LogP contribution in [0.1, 0.15) is 34.8 Å². The number of rotatable bonds is 6. The Morgan fingerprint density at radius 2 is 1.88 bits per heavy atom. The highest BCUT2D eigenvalue weighted by Crippen LogP contribution is 2.14. The number of carboxylic acid groups (broad SMARTS) is 1. The molecule has 0 saturated heterocycles. The molecule has 2 amide bonds. The van der Waals surface area contributed by atoms with Gasteiger partial charge in [0, 0.05) is 17.8 Å². The van der Waals surface area contributed by atoms with Crippen molar-refractivity contribution >= 4 is 23.5 Å². The van der Waals surface area contributed by atoms with Crippen LogP contribution in [0.3, 0.4) is 0 Å². The third kappa shape index (κ3) is 4.66. The molecular formula is C17H17FN2O5. The number of nitrogens with zero attached hydrogens (tertiary/aromatic N) is 1. The molecule has 1 aromatic heterocycles. The van der Waals surface area contributed by atoms with E-state index >= 15 is 0 Å². The first kappa shape index (κ1) is 18.2. The molecule has 2 aromatic rings. The van der Waals surface area contributed by atoms with E-state index in [0.717, 1.165) is 12.3 Å². The SMILES string of the molecule is CC(C)N(CC(=O)Nc1ccc(F)cc1)C(=O)c1cc(C(=O)O)co1. The number of amides is 2. The number of benzene rings is 1. The maximum atomic E-state index is 12.9. The third-order valence-corrected chi connectivity index (χ3v) is 3.38. The van der Waals surface area contributed by atoms with Crippen LogP contribution in [0.4, 0.5) is 10.1 Å². The number of carboxylic acids is 1. The van der Waals surface area contributed by atoms with Gasteiger partial charge >= 0.3 is 5.97 Å². The lowest BCUT2D eigenvalue weighted by molar-refractivity contribution is -0.117. The van der Waals surface area contributed by atoms with Crippen LogP contribution in [-0.2, 0) is 4.79 Å². The summed E-state index contributed by atoms with van der Waals surface area (Å²) in [6.45, 7) is 3.16. The van der Waals surface area contributed by atoms with Crippen LogP contribution in [0.25, 0.3) is 0 Å². The van der Waals surface area contributed by atoms with Gasteiger partial charge in [-0.3, -0.25) is 9.59 Å². The van der Waals surface area contributed by atoms with Gasteiger partial charge < -0.3 is 19.7 Å². The molecule has 0 aliphatic rings. The van der Waals surface area contributed by atoms with E-state index in [-0.39, 0.29) is 23.9 Å². The minimum Gasteiger partial charge on any atom is -0.478 e. The zero-order valence-electron chi connectivity index (χ0n) is 13.7. The second-order valence-corrected chi connectivity index (χ2v) is 5.59. The Balaban J connectivity index is 2.08. The zero-order chi connectivity index (χ0) is 18.6. The van der Waals surface area contributed by atoms with Crippen molar-refractivity contribution in [1.82, 2.24) is 4.90 Å². The van der Waals surface area contributed by atoms with Crippen LogP contribution in [0, 0.1) is 5.82 Å². The highest BCUT2D eigenvalue weighted by molar-refractivity contribution is 5.99. The smallest absolute Gasteiger partial charge is 0.338 e. The van der Waals surface area contributed by atoms with Crippen LogP contribution >= 0.6 is 0 Å². The molecule has 0 radical (unpaired) electrons. The van der Waals surface area contributed by atoms with E-state index in [9.17, 15) is 18.8 Å². The normalized spacial score (nSPS) is 10.6. The van der Waals surface area contributed by atoms with Crippen molar-refractivity contribution in [2.24, 2.45) is 0 Å². The van der Waals surface area contributed by atoms with Gasteiger partial charge in [0.1, 0.15) is 18.6 Å². The number of anilines is 1. The Kier molecular flexibility index (Phi) is 5.53. The van der Waals surface area contributed by atoms with E-state index in [0.29, 0.717) is 5.69 Å². The van der Waals surface area contributed by atoms with E-state index in [4.69, 9.17) is 9.52 Å². The monoisotopic (exact) mass is 348 g/mol. The van der Waals surface area contributed by atoms with Gasteiger partial charge in [-0.2, -0.15) is 0 Å². The number of halogens is 1. The average molecular weight is 348 g/mol. The fourth-order valence-electron chi connectivity index (χ4n) is 2.08. The Bertz CT molecular complexity index is 783. The van der Waals surface area contributed by atoms with Gasteiger partial charge in [0.05, 0.1) is 5.56 Å². The molecule has 0 atom stereocenters. The van der Waals surface area contributed by atoms with E-state index in [2.05, 4.69) is 5.32 Å². The Morgan fingerprint density at radius 1 is 1.24 bits per heavy atom. The maximum absolute atomic E-state index is 12.9. The molecule has 132 valence electrons. The molecule has 2 N–H and O–H groups in total. The van der Waals surface area contributed by atoms with Crippen molar-refractivity contribution in [2.45, 2.75) is 19.9 Å². The van der Waals surface area contributed by atoms with Crippen molar-refractivity contribution in [3.63, 3.8) is 0 Å². The molecule has 0 fully saturated rings. The van der Waals surface area contributed by atoms with Crippen LogP contribution < -0.4 is 5.32 Å². The maximum Gasteiger partial charge on any atom is 0.338 e. The van der Waals surface area contributed by atoms with Crippen LogP contribution in [0.2, 0.25) is 0 Å². The summed E-state index contributed by atoms with van der Waals surface area (Å²) in [6.07, 6.45) is 0.965. The van der Waals surface area contributed by atoms with Crippen molar-refractivity contribution in [3.8, 4) is 0 Å². The molecule has 7 nitrogen and oxygen atoms in total. The summed E-state index contributed by atoms with van der Waals surface area (Å²) < 4.78 is 17.9. The molecular weight excluding hydrogens is 331 g/mol. The second-order valence-electron chi connectivity index (χ2n) is 5.59. The fourth-order valence-corrected chi connectivity index (χ4v) is 2.08. The number of carbonyl (C=O) groups excluding carboxylic acids is 2. The summed E-state index contributed by atoms with van der Waals surface area (Å²) >= 11 is 0. The first-order valence-corrected chi connectivity index (χ1v) is 7.46. The molecule has 0 aliphatic heterocycles. The van der Waals surface area contributed by atoms with Crippen molar-refractivity contribution < 1.29 is 28.3 Å². The van der Waals surface area contributed by atoms with Gasteiger partial charge in [-0.05, 0) is 38.1 Å². The summed E-state index contributed by atoms with van der Waals surface area (Å²) in [5, 5.41) is 11.4. The summed E-state index contributed by atoms with van der Waals surface area (Å²) in [7, 11) is 0. The molecule has 0 bridgehead atoms. The van der Waals surface area contributed by atoms with E-state index < -0.39 is 23.6 Å². The highest BCUT2D eigenvalue weighted by atomic mass is 19.1. The molecule has 25 heavy (non-hydrogen) atoms. The number of furan rings is 1. The summed E-state index contributed by atoms with van der Waals surface area (Å²) in [5.74, 6) is -2.88. The first-order valence-electron chi connectivity index (χ1n) is 7.46. The first-order chi connectivity index (χ1) is 11.8. The average Bonchev–Trinajstić information content (AvgIpc) is 3.04. The van der Waals surface area contributed by atoms with Gasteiger partial charge in [-0.1, -0.05) is 0 Å². The largest absolute Gasteiger partial charge is 0.478 e. The Hall–Kier alpha value is -3.16. The fraction of sp³-hybridized carbons (Fsp3) is 0.235. The molecule has 0 aliphatic carbocycles. The topological polar surface area (TPSA) is 99.9 Å². The predicted molar refractivity (Wildman–Crippen MR) is 86.9 cm³/mol. The third-order valence-electron chi connectivity index (χ3n) is 3.38. The number of hydrogen-bond donors (Lipinski definition) is 2. The molecule has 0 unspecified atom stereocenters. The standard InChI is InChI=1S/C17H17FN2O5/c1-10(2)20(16(22)14-7-11(9-25-14)17(23)24)8-15(21)19-13-5-3-12(18)4-6-13/h3-7,9-10H,8H2,1-2H3,(H,19,21)(H,23,24). The van der Waals surface area contributed by atoms with Gasteiger partial charge in [-0.25, -0.2) is 9.18 Å². The lowest BCUT2D eigenvalue weighted by Crippen LogP contribution is -2.42. The van der Waals surface area contributed by atoms with Gasteiger partial charge in [0.25, 0.3) is 5.91 Å². The molecule has 2 rings (SSSR count). The van der Waals surface area contributed by atoms with Crippen molar-refractivity contribution in [2.75, 3.05) is 11.9 Å². The molecule has 1 heterocycles. The quantitative estimate of drug-likeness (QED) is 0.836. The number of carbonyl (C=O) groups is 3. The second kappa shape index (κ2) is 7.61. The number of hydrogen-bond acceptors (Lipinski definition) is 4. The number of aromatic carboxylic acids is 1. The zero-order valence-corrected chi connectivity index (χ0v) is 13.7. The summed E-state index contributed by atoms with van der Waals surface area (Å²) in [4.78, 5) is 36.7. The van der Waals surface area contributed by atoms with Gasteiger partial charge in [0.2, 0.25) is 5.91 Å². The Labute approximate surface area is 143 Å². The van der Waals surface area contributed by atoms with Crippen molar-refractivity contribution in [1.29, 1.82) is 0 Å². The lowest BCUT2D eigenvalue weighted by Gasteiger charge is -2.25. The van der Waals surface area contributed by atoms with E-state index in [1.54, 1.807) is 13.8 Å². The van der Waals surface area contributed by atoms with Crippen LogP contribution in [0.5, 0.6) is 0 Å².